The lowest BCUT2D eigenvalue weighted by atomic mass is 10.1. The molecule has 1 saturated heterocycles. The van der Waals surface area contributed by atoms with Crippen LogP contribution < -0.4 is 4.74 Å². The monoisotopic (exact) mass is 384 g/mol. The highest BCUT2D eigenvalue weighted by Gasteiger charge is 2.32. The lowest BCUT2D eigenvalue weighted by molar-refractivity contribution is -0.139. The minimum absolute atomic E-state index is 0.0138. The molecule has 1 heterocycles. The summed E-state index contributed by atoms with van der Waals surface area (Å²) in [6.07, 6.45) is 0. The highest BCUT2D eigenvalue weighted by molar-refractivity contribution is 5.78. The molecule has 0 radical (unpaired) electrons. The molecule has 0 bridgehead atoms. The Morgan fingerprint density at radius 2 is 1.68 bits per heavy atom. The number of rotatable bonds is 5. The van der Waals surface area contributed by atoms with E-state index in [9.17, 15) is 9.18 Å². The first-order valence-electron chi connectivity index (χ1n) is 9.81. The van der Waals surface area contributed by atoms with E-state index in [0.717, 1.165) is 35.5 Å². The number of hydrogen-bond donors (Lipinski definition) is 0. The van der Waals surface area contributed by atoms with Gasteiger partial charge in [0.05, 0.1) is 0 Å². The summed E-state index contributed by atoms with van der Waals surface area (Å²) in [4.78, 5) is 17.0. The van der Waals surface area contributed by atoms with Gasteiger partial charge >= 0.3 is 0 Å². The summed E-state index contributed by atoms with van der Waals surface area (Å²) < 4.78 is 18.9. The van der Waals surface area contributed by atoms with Gasteiger partial charge in [-0.25, -0.2) is 4.39 Å². The summed E-state index contributed by atoms with van der Waals surface area (Å²) in [6, 6.07) is 12.9. The lowest BCUT2D eigenvalue weighted by Crippen LogP contribution is -2.58. The maximum absolute atomic E-state index is 13.1. The number of aryl methyl sites for hydroxylation is 2. The average Bonchev–Trinajstić information content (AvgIpc) is 2.63. The number of carbonyl (C=O) groups is 1. The van der Waals surface area contributed by atoms with E-state index in [0.29, 0.717) is 6.54 Å². The Kier molecular flexibility index (Phi) is 6.35. The first kappa shape index (κ1) is 20.3. The SMILES string of the molecule is Cc1cc(C)cc(OCC(=O)N2C[C@H](C)N(Cc3ccc(F)cc3)C[C@H]2C)c1. The van der Waals surface area contributed by atoms with E-state index in [4.69, 9.17) is 4.74 Å². The van der Waals surface area contributed by atoms with Gasteiger partial charge in [-0.3, -0.25) is 9.69 Å². The molecule has 2 aromatic rings. The van der Waals surface area contributed by atoms with Gasteiger partial charge in [0, 0.05) is 31.7 Å². The van der Waals surface area contributed by atoms with Crippen LogP contribution in [-0.4, -0.2) is 47.5 Å². The molecule has 0 N–H and O–H groups in total. The second kappa shape index (κ2) is 8.74. The third-order valence-corrected chi connectivity index (χ3v) is 5.29. The molecule has 28 heavy (non-hydrogen) atoms. The van der Waals surface area contributed by atoms with Gasteiger partial charge in [0.25, 0.3) is 5.91 Å². The van der Waals surface area contributed by atoms with Crippen LogP contribution in [0.4, 0.5) is 4.39 Å². The van der Waals surface area contributed by atoms with Crippen molar-refractivity contribution in [3.63, 3.8) is 0 Å². The van der Waals surface area contributed by atoms with E-state index in [2.05, 4.69) is 24.8 Å². The van der Waals surface area contributed by atoms with Gasteiger partial charge < -0.3 is 9.64 Å². The van der Waals surface area contributed by atoms with E-state index >= 15 is 0 Å². The second-order valence-corrected chi connectivity index (χ2v) is 7.91. The average molecular weight is 384 g/mol. The summed E-state index contributed by atoms with van der Waals surface area (Å²) >= 11 is 0. The number of carbonyl (C=O) groups excluding carboxylic acids is 1. The molecular weight excluding hydrogens is 355 g/mol. The Hall–Kier alpha value is -2.40. The van der Waals surface area contributed by atoms with Crippen LogP contribution in [0.3, 0.4) is 0 Å². The Labute approximate surface area is 166 Å². The first-order chi connectivity index (χ1) is 13.3. The fourth-order valence-corrected chi connectivity index (χ4v) is 3.83. The summed E-state index contributed by atoms with van der Waals surface area (Å²) in [5.74, 6) is 0.533. The molecule has 1 aliphatic rings. The number of benzene rings is 2. The standard InChI is InChI=1S/C23H29FN2O2/c1-16-9-17(2)11-22(10-16)28-15-23(27)26-13-18(3)25(12-19(26)4)14-20-5-7-21(24)8-6-20/h5-11,18-19H,12-15H2,1-4H3/t18-,19+/m0/s1. The maximum atomic E-state index is 13.1. The normalized spacial score (nSPS) is 20.2. The van der Waals surface area contributed by atoms with E-state index < -0.39 is 0 Å². The zero-order valence-electron chi connectivity index (χ0n) is 17.1. The van der Waals surface area contributed by atoms with E-state index in [-0.39, 0.29) is 30.4 Å². The van der Waals surface area contributed by atoms with Crippen LogP contribution in [-0.2, 0) is 11.3 Å². The van der Waals surface area contributed by atoms with Gasteiger partial charge in [0.2, 0.25) is 0 Å². The summed E-state index contributed by atoms with van der Waals surface area (Å²) in [5, 5.41) is 0. The van der Waals surface area contributed by atoms with Crippen molar-refractivity contribution in [2.45, 2.75) is 46.3 Å². The van der Waals surface area contributed by atoms with Gasteiger partial charge in [0.15, 0.2) is 6.61 Å². The third-order valence-electron chi connectivity index (χ3n) is 5.29. The molecule has 0 saturated carbocycles. The smallest absolute Gasteiger partial charge is 0.260 e. The van der Waals surface area contributed by atoms with Crippen LogP contribution in [0.2, 0.25) is 0 Å². The van der Waals surface area contributed by atoms with Gasteiger partial charge in [0.1, 0.15) is 11.6 Å². The maximum Gasteiger partial charge on any atom is 0.260 e. The van der Waals surface area contributed by atoms with E-state index in [1.54, 1.807) is 0 Å². The molecule has 4 nitrogen and oxygen atoms in total. The Morgan fingerprint density at radius 1 is 1.04 bits per heavy atom. The van der Waals surface area contributed by atoms with Gasteiger partial charge in [-0.15, -0.1) is 0 Å². The van der Waals surface area contributed by atoms with Gasteiger partial charge in [-0.1, -0.05) is 18.2 Å². The lowest BCUT2D eigenvalue weighted by Gasteiger charge is -2.44. The van der Waals surface area contributed by atoms with Crippen molar-refractivity contribution in [3.8, 4) is 5.75 Å². The minimum atomic E-state index is -0.218. The molecular formula is C23H29FN2O2. The van der Waals surface area contributed by atoms with Crippen LogP contribution >= 0.6 is 0 Å². The molecule has 2 aromatic carbocycles. The molecule has 0 spiro atoms. The number of halogens is 1. The zero-order valence-corrected chi connectivity index (χ0v) is 17.1. The van der Waals surface area contributed by atoms with Crippen molar-refractivity contribution >= 4 is 5.91 Å². The number of amides is 1. The topological polar surface area (TPSA) is 32.8 Å². The highest BCUT2D eigenvalue weighted by Crippen LogP contribution is 2.20. The predicted molar refractivity (Wildman–Crippen MR) is 109 cm³/mol. The van der Waals surface area contributed by atoms with Crippen molar-refractivity contribution in [2.24, 2.45) is 0 Å². The van der Waals surface area contributed by atoms with E-state index in [1.807, 2.05) is 43.0 Å². The minimum Gasteiger partial charge on any atom is -0.484 e. The molecule has 2 atom stereocenters. The second-order valence-electron chi connectivity index (χ2n) is 7.91. The zero-order chi connectivity index (χ0) is 20.3. The number of ether oxygens (including phenoxy) is 1. The molecule has 3 rings (SSSR count). The van der Waals surface area contributed by atoms with Crippen molar-refractivity contribution in [2.75, 3.05) is 19.7 Å². The van der Waals surface area contributed by atoms with Crippen LogP contribution in [0.1, 0.15) is 30.5 Å². The molecule has 1 aliphatic heterocycles. The molecule has 0 aromatic heterocycles. The van der Waals surface area contributed by atoms with E-state index in [1.165, 1.54) is 12.1 Å². The Balaban J connectivity index is 1.56. The quantitative estimate of drug-likeness (QED) is 0.783. The highest BCUT2D eigenvalue weighted by atomic mass is 19.1. The molecule has 0 unspecified atom stereocenters. The van der Waals surface area contributed by atoms with Crippen molar-refractivity contribution in [3.05, 3.63) is 65.0 Å². The Bertz CT molecular complexity index is 802. The Morgan fingerprint density at radius 3 is 2.32 bits per heavy atom. The van der Waals surface area contributed by atoms with Gasteiger partial charge in [-0.05, 0) is 68.7 Å². The molecule has 1 amide bonds. The molecule has 0 aliphatic carbocycles. The van der Waals surface area contributed by atoms with Crippen molar-refractivity contribution < 1.29 is 13.9 Å². The van der Waals surface area contributed by atoms with Crippen molar-refractivity contribution in [1.82, 2.24) is 9.80 Å². The molecule has 5 heteroatoms. The van der Waals surface area contributed by atoms with Crippen LogP contribution in [0.25, 0.3) is 0 Å². The molecule has 150 valence electrons. The number of hydrogen-bond acceptors (Lipinski definition) is 3. The number of nitrogens with zero attached hydrogens (tertiary/aromatic N) is 2. The van der Waals surface area contributed by atoms with Crippen molar-refractivity contribution in [1.29, 1.82) is 0 Å². The number of piperazine rings is 1. The summed E-state index contributed by atoms with van der Waals surface area (Å²) in [5.41, 5.74) is 3.33. The van der Waals surface area contributed by atoms with Crippen LogP contribution in [0.5, 0.6) is 5.75 Å². The first-order valence-corrected chi connectivity index (χ1v) is 9.81. The largest absolute Gasteiger partial charge is 0.484 e. The third kappa shape index (κ3) is 5.10. The predicted octanol–water partition coefficient (Wildman–Crippen LogP) is 3.94. The van der Waals surface area contributed by atoms with Crippen LogP contribution in [0.15, 0.2) is 42.5 Å². The fourth-order valence-electron chi connectivity index (χ4n) is 3.83. The fraction of sp³-hybridized carbons (Fsp3) is 0.435. The summed E-state index contributed by atoms with van der Waals surface area (Å²) in [7, 11) is 0. The van der Waals surface area contributed by atoms with Crippen LogP contribution in [0, 0.1) is 19.7 Å². The summed E-state index contributed by atoms with van der Waals surface area (Å²) in [6.45, 7) is 10.5. The van der Waals surface area contributed by atoms with Gasteiger partial charge in [-0.2, -0.15) is 0 Å². The molecule has 1 fully saturated rings.